The van der Waals surface area contributed by atoms with Gasteiger partial charge in [0.25, 0.3) is 0 Å². The maximum atomic E-state index is 12.1. The average molecular weight is 231 g/mol. The molecule has 0 bridgehead atoms. The number of amides is 1. The van der Waals surface area contributed by atoms with E-state index in [1.807, 2.05) is 19.2 Å². The lowest BCUT2D eigenvalue weighted by Crippen LogP contribution is -2.52. The number of piperidine rings is 1. The van der Waals surface area contributed by atoms with Gasteiger partial charge < -0.3 is 10.2 Å². The average Bonchev–Trinajstić information content (AvgIpc) is 2.31. The maximum absolute atomic E-state index is 12.1. The van der Waals surface area contributed by atoms with E-state index in [0.717, 1.165) is 36.5 Å². The van der Waals surface area contributed by atoms with Gasteiger partial charge in [-0.3, -0.25) is 4.79 Å². The number of aryl methyl sites for hydroxylation is 1. The number of nitrogens with zero attached hydrogens (tertiary/aromatic N) is 2. The summed E-state index contributed by atoms with van der Waals surface area (Å²) in [6.45, 7) is 5.15. The van der Waals surface area contributed by atoms with Gasteiger partial charge in [-0.15, -0.1) is 0 Å². The minimum absolute atomic E-state index is 0.0273. The summed E-state index contributed by atoms with van der Waals surface area (Å²) in [5, 5.41) is 3.00. The molecule has 2 aliphatic rings. The summed E-state index contributed by atoms with van der Waals surface area (Å²) in [4.78, 5) is 18.7. The fourth-order valence-corrected chi connectivity index (χ4v) is 2.77. The predicted octanol–water partition coefficient (Wildman–Crippen LogP) is 1.95. The normalized spacial score (nSPS) is 27.2. The molecule has 1 aromatic rings. The van der Waals surface area contributed by atoms with E-state index in [-0.39, 0.29) is 11.9 Å². The van der Waals surface area contributed by atoms with Gasteiger partial charge in [-0.05, 0) is 37.3 Å². The molecule has 2 atom stereocenters. The van der Waals surface area contributed by atoms with Crippen molar-refractivity contribution in [3.8, 4) is 0 Å². The number of rotatable bonds is 0. The molecule has 0 spiro atoms. The lowest BCUT2D eigenvalue weighted by molar-refractivity contribution is -0.118. The Labute approximate surface area is 101 Å². The molecule has 1 aromatic heterocycles. The van der Waals surface area contributed by atoms with Gasteiger partial charge in [0, 0.05) is 12.7 Å². The molecule has 0 aliphatic carbocycles. The number of carbonyl (C=O) groups is 1. The summed E-state index contributed by atoms with van der Waals surface area (Å²) < 4.78 is 0. The Morgan fingerprint density at radius 1 is 1.53 bits per heavy atom. The molecule has 4 heteroatoms. The Bertz CT molecular complexity index is 472. The fraction of sp³-hybridized carbons (Fsp3) is 0.538. The number of hydrogen-bond acceptors (Lipinski definition) is 3. The SMILES string of the molecule is Cc1ccnc2c1NC(=O)C1CC(C)CCN21. The van der Waals surface area contributed by atoms with Crippen molar-refractivity contribution in [1.82, 2.24) is 4.98 Å². The highest BCUT2D eigenvalue weighted by atomic mass is 16.2. The van der Waals surface area contributed by atoms with Crippen molar-refractivity contribution in [2.75, 3.05) is 16.8 Å². The van der Waals surface area contributed by atoms with Crippen LogP contribution in [-0.2, 0) is 4.79 Å². The highest BCUT2D eigenvalue weighted by Gasteiger charge is 2.37. The molecule has 17 heavy (non-hydrogen) atoms. The number of hydrogen-bond donors (Lipinski definition) is 1. The first kappa shape index (κ1) is 10.6. The largest absolute Gasteiger partial charge is 0.343 e. The van der Waals surface area contributed by atoms with Crippen molar-refractivity contribution in [3.63, 3.8) is 0 Å². The number of pyridine rings is 1. The van der Waals surface area contributed by atoms with Crippen molar-refractivity contribution in [2.24, 2.45) is 5.92 Å². The van der Waals surface area contributed by atoms with Crippen molar-refractivity contribution < 1.29 is 4.79 Å². The molecule has 0 aromatic carbocycles. The fourth-order valence-electron chi connectivity index (χ4n) is 2.77. The second-order valence-electron chi connectivity index (χ2n) is 5.15. The van der Waals surface area contributed by atoms with Crippen molar-refractivity contribution >= 4 is 17.4 Å². The maximum Gasteiger partial charge on any atom is 0.247 e. The van der Waals surface area contributed by atoms with Gasteiger partial charge in [0.05, 0.1) is 5.69 Å². The molecule has 0 saturated carbocycles. The van der Waals surface area contributed by atoms with Crippen LogP contribution in [0.4, 0.5) is 11.5 Å². The Balaban J connectivity index is 2.05. The van der Waals surface area contributed by atoms with Crippen LogP contribution in [0.1, 0.15) is 25.3 Å². The molecular weight excluding hydrogens is 214 g/mol. The molecule has 1 saturated heterocycles. The predicted molar refractivity (Wildman–Crippen MR) is 67.1 cm³/mol. The highest BCUT2D eigenvalue weighted by Crippen LogP contribution is 2.37. The first-order valence-corrected chi connectivity index (χ1v) is 6.20. The summed E-state index contributed by atoms with van der Waals surface area (Å²) in [5.41, 5.74) is 1.98. The first-order chi connectivity index (χ1) is 8.16. The van der Waals surface area contributed by atoms with E-state index in [1.165, 1.54) is 0 Å². The molecule has 3 heterocycles. The third-order valence-electron chi connectivity index (χ3n) is 3.83. The van der Waals surface area contributed by atoms with Crippen molar-refractivity contribution in [2.45, 2.75) is 32.7 Å². The van der Waals surface area contributed by atoms with E-state index in [4.69, 9.17) is 0 Å². The highest BCUT2D eigenvalue weighted by molar-refractivity contribution is 6.03. The van der Waals surface area contributed by atoms with E-state index in [9.17, 15) is 4.79 Å². The van der Waals surface area contributed by atoms with Gasteiger partial charge >= 0.3 is 0 Å². The summed E-state index contributed by atoms with van der Waals surface area (Å²) in [5.74, 6) is 1.69. The van der Waals surface area contributed by atoms with E-state index in [2.05, 4.69) is 22.1 Å². The molecule has 2 unspecified atom stereocenters. The van der Waals surface area contributed by atoms with Crippen LogP contribution >= 0.6 is 0 Å². The molecule has 1 N–H and O–H groups in total. The van der Waals surface area contributed by atoms with Gasteiger partial charge in [0.2, 0.25) is 5.91 Å². The Hall–Kier alpha value is -1.58. The molecule has 4 nitrogen and oxygen atoms in total. The topological polar surface area (TPSA) is 45.2 Å². The lowest BCUT2D eigenvalue weighted by atomic mass is 9.90. The van der Waals surface area contributed by atoms with Gasteiger partial charge in [0.1, 0.15) is 6.04 Å². The van der Waals surface area contributed by atoms with Crippen LogP contribution in [0.3, 0.4) is 0 Å². The van der Waals surface area contributed by atoms with Gasteiger partial charge in [-0.2, -0.15) is 0 Å². The van der Waals surface area contributed by atoms with Crippen LogP contribution in [0.5, 0.6) is 0 Å². The van der Waals surface area contributed by atoms with E-state index in [1.54, 1.807) is 0 Å². The lowest BCUT2D eigenvalue weighted by Gasteiger charge is -2.42. The minimum Gasteiger partial charge on any atom is -0.343 e. The first-order valence-electron chi connectivity index (χ1n) is 6.20. The van der Waals surface area contributed by atoms with Crippen LogP contribution in [0.15, 0.2) is 12.3 Å². The molecule has 1 fully saturated rings. The molecule has 2 aliphatic heterocycles. The third-order valence-corrected chi connectivity index (χ3v) is 3.83. The molecule has 90 valence electrons. The number of aromatic nitrogens is 1. The smallest absolute Gasteiger partial charge is 0.247 e. The molecule has 3 rings (SSSR count). The molecule has 1 amide bonds. The van der Waals surface area contributed by atoms with E-state index >= 15 is 0 Å². The summed E-state index contributed by atoms with van der Waals surface area (Å²) >= 11 is 0. The number of carbonyl (C=O) groups excluding carboxylic acids is 1. The zero-order chi connectivity index (χ0) is 12.0. The van der Waals surface area contributed by atoms with E-state index in [0.29, 0.717) is 5.92 Å². The van der Waals surface area contributed by atoms with Crippen molar-refractivity contribution in [3.05, 3.63) is 17.8 Å². The monoisotopic (exact) mass is 231 g/mol. The van der Waals surface area contributed by atoms with Crippen LogP contribution in [-0.4, -0.2) is 23.5 Å². The Morgan fingerprint density at radius 2 is 2.35 bits per heavy atom. The van der Waals surface area contributed by atoms with Crippen LogP contribution in [0, 0.1) is 12.8 Å². The zero-order valence-electron chi connectivity index (χ0n) is 10.2. The van der Waals surface area contributed by atoms with Gasteiger partial charge in [-0.25, -0.2) is 4.98 Å². The second kappa shape index (κ2) is 3.72. The second-order valence-corrected chi connectivity index (χ2v) is 5.15. The van der Waals surface area contributed by atoms with Crippen LogP contribution < -0.4 is 10.2 Å². The van der Waals surface area contributed by atoms with Gasteiger partial charge in [-0.1, -0.05) is 6.92 Å². The van der Waals surface area contributed by atoms with Crippen LogP contribution in [0.2, 0.25) is 0 Å². The Kier molecular flexibility index (Phi) is 2.31. The van der Waals surface area contributed by atoms with Crippen molar-refractivity contribution in [1.29, 1.82) is 0 Å². The summed E-state index contributed by atoms with van der Waals surface area (Å²) in [6, 6.07) is 1.91. The molecule has 0 radical (unpaired) electrons. The summed E-state index contributed by atoms with van der Waals surface area (Å²) in [6.07, 6.45) is 3.89. The third kappa shape index (κ3) is 1.59. The quantitative estimate of drug-likeness (QED) is 0.742. The zero-order valence-corrected chi connectivity index (χ0v) is 10.2. The minimum atomic E-state index is -0.0273. The molecular formula is C13H17N3O. The van der Waals surface area contributed by atoms with Gasteiger partial charge in [0.15, 0.2) is 5.82 Å². The number of fused-ring (bicyclic) bond motifs is 3. The number of nitrogens with one attached hydrogen (secondary N) is 1. The summed E-state index contributed by atoms with van der Waals surface area (Å²) in [7, 11) is 0. The standard InChI is InChI=1S/C13H17N3O/c1-8-4-6-16-10(7-8)13(17)15-11-9(2)3-5-14-12(11)16/h3,5,8,10H,4,6-7H2,1-2H3,(H,15,17). The van der Waals surface area contributed by atoms with E-state index < -0.39 is 0 Å². The van der Waals surface area contributed by atoms with Crippen LogP contribution in [0.25, 0.3) is 0 Å². The Morgan fingerprint density at radius 3 is 3.18 bits per heavy atom. The number of anilines is 2.